The third-order valence-electron chi connectivity index (χ3n) is 4.43. The van der Waals surface area contributed by atoms with Crippen LogP contribution in [0.2, 0.25) is 0 Å². The topological polar surface area (TPSA) is 15.3 Å². The molecule has 0 heterocycles. The molecular weight excluding hydrogens is 256 g/mol. The Labute approximate surface area is 131 Å². The zero-order valence-electron chi connectivity index (χ0n) is 15.0. The summed E-state index contributed by atoms with van der Waals surface area (Å²) in [5.74, 6) is 0.687. The number of nitrogens with one attached hydrogen (secondary N) is 1. The van der Waals surface area contributed by atoms with Gasteiger partial charge in [-0.05, 0) is 37.4 Å². The molecule has 0 saturated carbocycles. The van der Waals surface area contributed by atoms with Crippen LogP contribution in [0.15, 0.2) is 30.3 Å². The highest BCUT2D eigenvalue weighted by Crippen LogP contribution is 2.29. The molecule has 2 unspecified atom stereocenters. The van der Waals surface area contributed by atoms with Crippen molar-refractivity contribution in [2.75, 3.05) is 20.1 Å². The molecule has 2 atom stereocenters. The van der Waals surface area contributed by atoms with E-state index < -0.39 is 0 Å². The maximum Gasteiger partial charge on any atom is 0.0472 e. The van der Waals surface area contributed by atoms with E-state index in [0.29, 0.717) is 18.0 Å². The van der Waals surface area contributed by atoms with Gasteiger partial charge in [-0.15, -0.1) is 0 Å². The van der Waals surface area contributed by atoms with Gasteiger partial charge in [-0.2, -0.15) is 0 Å². The Morgan fingerprint density at radius 2 is 1.57 bits per heavy atom. The molecule has 0 aliphatic heterocycles. The van der Waals surface area contributed by atoms with E-state index in [0.717, 1.165) is 13.1 Å². The minimum atomic E-state index is 0.278. The van der Waals surface area contributed by atoms with Crippen LogP contribution in [0.5, 0.6) is 0 Å². The van der Waals surface area contributed by atoms with Gasteiger partial charge in [0.25, 0.3) is 0 Å². The van der Waals surface area contributed by atoms with Gasteiger partial charge >= 0.3 is 0 Å². The van der Waals surface area contributed by atoms with Crippen LogP contribution in [0.3, 0.4) is 0 Å². The molecule has 0 bridgehead atoms. The van der Waals surface area contributed by atoms with E-state index in [1.807, 2.05) is 0 Å². The Balaban J connectivity index is 2.86. The van der Waals surface area contributed by atoms with Crippen molar-refractivity contribution in [1.82, 2.24) is 10.2 Å². The van der Waals surface area contributed by atoms with Gasteiger partial charge in [0.05, 0.1) is 0 Å². The lowest BCUT2D eigenvalue weighted by atomic mass is 9.86. The monoisotopic (exact) mass is 290 g/mol. The van der Waals surface area contributed by atoms with E-state index in [9.17, 15) is 0 Å². The highest BCUT2D eigenvalue weighted by Gasteiger charge is 2.29. The highest BCUT2D eigenvalue weighted by atomic mass is 15.2. The van der Waals surface area contributed by atoms with Gasteiger partial charge < -0.3 is 5.32 Å². The molecule has 0 aliphatic rings. The Hall–Kier alpha value is -0.860. The number of nitrogens with zero attached hydrogens (tertiary/aromatic N) is 1. The average molecular weight is 290 g/mol. The molecule has 0 amide bonds. The quantitative estimate of drug-likeness (QED) is 0.803. The largest absolute Gasteiger partial charge is 0.315 e. The summed E-state index contributed by atoms with van der Waals surface area (Å²) in [6.07, 6.45) is 0. The zero-order chi connectivity index (χ0) is 16.0. The third kappa shape index (κ3) is 5.80. The van der Waals surface area contributed by atoms with Crippen molar-refractivity contribution in [3.05, 3.63) is 35.9 Å². The summed E-state index contributed by atoms with van der Waals surface area (Å²) < 4.78 is 0. The van der Waals surface area contributed by atoms with Gasteiger partial charge in [-0.3, -0.25) is 4.90 Å². The molecule has 2 nitrogen and oxygen atoms in total. The van der Waals surface area contributed by atoms with Crippen LogP contribution in [0.4, 0.5) is 0 Å². The van der Waals surface area contributed by atoms with Crippen molar-refractivity contribution < 1.29 is 0 Å². The number of hydrogen-bond acceptors (Lipinski definition) is 2. The number of benzene rings is 1. The summed E-state index contributed by atoms with van der Waals surface area (Å²) >= 11 is 0. The third-order valence-corrected chi connectivity index (χ3v) is 4.43. The molecule has 2 heteroatoms. The van der Waals surface area contributed by atoms with E-state index in [-0.39, 0.29) is 5.41 Å². The van der Waals surface area contributed by atoms with E-state index in [1.54, 1.807) is 0 Å². The first-order valence-electron chi connectivity index (χ1n) is 8.21. The van der Waals surface area contributed by atoms with Gasteiger partial charge in [-0.1, -0.05) is 65.0 Å². The van der Waals surface area contributed by atoms with Gasteiger partial charge in [-0.25, -0.2) is 0 Å². The second-order valence-corrected chi connectivity index (χ2v) is 7.69. The van der Waals surface area contributed by atoms with Crippen LogP contribution >= 0.6 is 0 Å². The summed E-state index contributed by atoms with van der Waals surface area (Å²) in [4.78, 5) is 2.52. The molecule has 0 spiro atoms. The molecule has 1 aromatic carbocycles. The maximum absolute atomic E-state index is 3.63. The number of rotatable bonds is 7. The first-order chi connectivity index (χ1) is 9.73. The van der Waals surface area contributed by atoms with Crippen LogP contribution in [0.25, 0.3) is 0 Å². The van der Waals surface area contributed by atoms with Gasteiger partial charge in [0.2, 0.25) is 0 Å². The minimum Gasteiger partial charge on any atom is -0.315 e. The molecule has 0 fully saturated rings. The Kier molecular flexibility index (Phi) is 6.89. The van der Waals surface area contributed by atoms with Crippen LogP contribution in [-0.4, -0.2) is 31.1 Å². The van der Waals surface area contributed by atoms with Crippen molar-refractivity contribution in [3.63, 3.8) is 0 Å². The second-order valence-electron chi connectivity index (χ2n) is 7.69. The molecule has 1 N–H and O–H groups in total. The first kappa shape index (κ1) is 18.2. The molecule has 1 aromatic rings. The van der Waals surface area contributed by atoms with Crippen molar-refractivity contribution in [2.45, 2.75) is 53.6 Å². The Morgan fingerprint density at radius 3 is 2.05 bits per heavy atom. The molecule has 0 radical (unpaired) electrons. The SMILES string of the molecule is CC(C)CNCC(c1ccccc1)N(C)C(C)C(C)(C)C. The summed E-state index contributed by atoms with van der Waals surface area (Å²) in [6.45, 7) is 15.9. The number of likely N-dealkylation sites (N-methyl/N-ethyl adjacent to an activating group) is 1. The zero-order valence-corrected chi connectivity index (χ0v) is 15.0. The summed E-state index contributed by atoms with van der Waals surface area (Å²) in [5.41, 5.74) is 1.67. The van der Waals surface area contributed by atoms with Crippen LogP contribution in [0.1, 0.15) is 53.1 Å². The molecular formula is C19H34N2. The molecule has 21 heavy (non-hydrogen) atoms. The van der Waals surface area contributed by atoms with E-state index in [4.69, 9.17) is 0 Å². The molecule has 120 valence electrons. The van der Waals surface area contributed by atoms with Crippen molar-refractivity contribution in [2.24, 2.45) is 11.3 Å². The molecule has 0 aliphatic carbocycles. The molecule has 0 saturated heterocycles. The smallest absolute Gasteiger partial charge is 0.0472 e. The second kappa shape index (κ2) is 7.95. The van der Waals surface area contributed by atoms with E-state index >= 15 is 0 Å². The van der Waals surface area contributed by atoms with E-state index in [2.05, 4.69) is 89.1 Å². The lowest BCUT2D eigenvalue weighted by Crippen LogP contribution is -2.44. The summed E-state index contributed by atoms with van der Waals surface area (Å²) in [6, 6.07) is 11.8. The van der Waals surface area contributed by atoms with E-state index in [1.165, 1.54) is 5.56 Å². The highest BCUT2D eigenvalue weighted by molar-refractivity contribution is 5.19. The van der Waals surface area contributed by atoms with Crippen molar-refractivity contribution in [1.29, 1.82) is 0 Å². The number of hydrogen-bond donors (Lipinski definition) is 1. The summed E-state index contributed by atoms with van der Waals surface area (Å²) in [5, 5.41) is 3.63. The fraction of sp³-hybridized carbons (Fsp3) is 0.684. The lowest BCUT2D eigenvalue weighted by molar-refractivity contribution is 0.0956. The van der Waals surface area contributed by atoms with Crippen LogP contribution < -0.4 is 5.32 Å². The Bertz CT molecular complexity index is 392. The maximum atomic E-state index is 3.63. The van der Waals surface area contributed by atoms with Gasteiger partial charge in [0.15, 0.2) is 0 Å². The van der Waals surface area contributed by atoms with Crippen LogP contribution in [0, 0.1) is 11.3 Å². The first-order valence-corrected chi connectivity index (χ1v) is 8.21. The standard InChI is InChI=1S/C19H34N2/c1-15(2)13-20-14-18(17-11-9-8-10-12-17)21(7)16(3)19(4,5)6/h8-12,15-16,18,20H,13-14H2,1-7H3. The predicted octanol–water partition coefficient (Wildman–Crippen LogP) is 4.34. The van der Waals surface area contributed by atoms with Crippen molar-refractivity contribution >= 4 is 0 Å². The molecule has 1 rings (SSSR count). The fourth-order valence-electron chi connectivity index (χ4n) is 2.56. The van der Waals surface area contributed by atoms with Crippen LogP contribution in [-0.2, 0) is 0 Å². The van der Waals surface area contributed by atoms with Gasteiger partial charge in [0.1, 0.15) is 0 Å². The Morgan fingerprint density at radius 1 is 1.00 bits per heavy atom. The fourth-order valence-corrected chi connectivity index (χ4v) is 2.56. The molecule has 0 aromatic heterocycles. The van der Waals surface area contributed by atoms with Gasteiger partial charge in [0, 0.05) is 18.6 Å². The minimum absolute atomic E-state index is 0.278. The predicted molar refractivity (Wildman–Crippen MR) is 93.6 cm³/mol. The summed E-state index contributed by atoms with van der Waals surface area (Å²) in [7, 11) is 2.25. The van der Waals surface area contributed by atoms with Crippen molar-refractivity contribution in [3.8, 4) is 0 Å². The average Bonchev–Trinajstić information content (AvgIpc) is 2.41. The lowest BCUT2D eigenvalue weighted by Gasteiger charge is -2.40. The normalized spacial score (nSPS) is 15.5.